The molecule has 0 heterocycles. The molecule has 0 aliphatic rings. The monoisotopic (exact) mass is 773 g/mol. The highest BCUT2D eigenvalue weighted by atomic mass is 16.4. The lowest BCUT2D eigenvalue weighted by Gasteiger charge is -2.24. The highest BCUT2D eigenvalue weighted by Crippen LogP contribution is 2.11. The van der Waals surface area contributed by atoms with Crippen LogP contribution < -0.4 is 26.6 Å². The summed E-state index contributed by atoms with van der Waals surface area (Å²) < 4.78 is 0. The van der Waals surface area contributed by atoms with Crippen LogP contribution in [0.15, 0.2) is 67.3 Å². The van der Waals surface area contributed by atoms with Crippen LogP contribution in [0.2, 0.25) is 0 Å². The summed E-state index contributed by atoms with van der Waals surface area (Å²) >= 11 is 0. The van der Waals surface area contributed by atoms with Gasteiger partial charge in [0.15, 0.2) is 5.78 Å². The average molecular weight is 774 g/mol. The Morgan fingerprint density at radius 1 is 0.673 bits per heavy atom. The topological polar surface area (TPSA) is 257 Å². The Balaban J connectivity index is 0. The second-order valence-corrected chi connectivity index (χ2v) is 13.4. The maximum atomic E-state index is 12.7. The summed E-state index contributed by atoms with van der Waals surface area (Å²) in [5.41, 5.74) is 1.80. The van der Waals surface area contributed by atoms with Crippen molar-refractivity contribution >= 4 is 47.8 Å². The molecule has 0 aromatic heterocycles. The van der Waals surface area contributed by atoms with Gasteiger partial charge in [0.2, 0.25) is 24.1 Å². The van der Waals surface area contributed by atoms with Crippen LogP contribution in [0.3, 0.4) is 0 Å². The molecular formula is C39H59N5O11. The van der Waals surface area contributed by atoms with E-state index >= 15 is 0 Å². The SMILES string of the molecule is C=C/C=C(\C=C)CC(NC=O)C(=O)C(C)C.CC(C)C.CNC(CC(=O)O)C(=O)NC(CC(=O)O)C(=O)NC(CC(=O)O)C(=O)NC(C)Cc1ccccc1. The molecule has 0 saturated carbocycles. The molecule has 306 valence electrons. The lowest BCUT2D eigenvalue weighted by molar-refractivity contribution is -0.144. The molecule has 4 amide bonds. The number of nitrogens with one attached hydrogen (secondary N) is 5. The van der Waals surface area contributed by atoms with E-state index in [0.29, 0.717) is 19.3 Å². The Hall–Kier alpha value is -5.64. The largest absolute Gasteiger partial charge is 0.481 e. The van der Waals surface area contributed by atoms with Crippen molar-refractivity contribution in [1.82, 2.24) is 26.6 Å². The summed E-state index contributed by atoms with van der Waals surface area (Å²) in [5.74, 6) is -6.27. The van der Waals surface area contributed by atoms with Crippen molar-refractivity contribution in [3.05, 3.63) is 72.9 Å². The summed E-state index contributed by atoms with van der Waals surface area (Å²) in [6.07, 6.45) is 4.21. The van der Waals surface area contributed by atoms with Crippen molar-refractivity contribution in [2.45, 2.75) is 104 Å². The van der Waals surface area contributed by atoms with E-state index in [1.54, 1.807) is 25.2 Å². The molecule has 1 aromatic rings. The van der Waals surface area contributed by atoms with E-state index in [4.69, 9.17) is 10.2 Å². The highest BCUT2D eigenvalue weighted by molar-refractivity contribution is 5.96. The third-order valence-electron chi connectivity index (χ3n) is 7.06. The zero-order chi connectivity index (χ0) is 42.7. The van der Waals surface area contributed by atoms with Gasteiger partial charge in [-0.25, -0.2) is 0 Å². The number of hydrogen-bond acceptors (Lipinski definition) is 9. The van der Waals surface area contributed by atoms with E-state index in [-0.39, 0.29) is 11.7 Å². The van der Waals surface area contributed by atoms with E-state index in [2.05, 4.69) is 60.5 Å². The molecule has 0 bridgehead atoms. The van der Waals surface area contributed by atoms with Gasteiger partial charge in [-0.1, -0.05) is 96.3 Å². The lowest BCUT2D eigenvalue weighted by Crippen LogP contribution is -2.57. The minimum Gasteiger partial charge on any atom is -0.481 e. The van der Waals surface area contributed by atoms with E-state index in [1.165, 1.54) is 7.05 Å². The molecule has 55 heavy (non-hydrogen) atoms. The molecule has 1 aromatic carbocycles. The third-order valence-corrected chi connectivity index (χ3v) is 7.06. The number of carbonyl (C=O) groups is 8. The molecule has 0 spiro atoms. The van der Waals surface area contributed by atoms with Crippen LogP contribution in [-0.2, 0) is 44.8 Å². The van der Waals surface area contributed by atoms with Crippen LogP contribution in [-0.4, -0.2) is 100 Å². The molecule has 16 nitrogen and oxygen atoms in total. The predicted molar refractivity (Wildman–Crippen MR) is 208 cm³/mol. The summed E-state index contributed by atoms with van der Waals surface area (Å²) in [6, 6.07) is 3.78. The molecule has 1 rings (SSSR count). The number of carboxylic acids is 3. The van der Waals surface area contributed by atoms with Gasteiger partial charge in [-0.15, -0.1) is 0 Å². The van der Waals surface area contributed by atoms with Gasteiger partial charge in [-0.3, -0.25) is 38.4 Å². The van der Waals surface area contributed by atoms with Gasteiger partial charge in [0, 0.05) is 12.0 Å². The molecular weight excluding hydrogens is 714 g/mol. The Kier molecular flexibility index (Phi) is 27.0. The summed E-state index contributed by atoms with van der Waals surface area (Å²) in [4.78, 5) is 93.4. The fraction of sp³-hybridized carbons (Fsp3) is 0.487. The van der Waals surface area contributed by atoms with Crippen molar-refractivity contribution in [2.24, 2.45) is 11.8 Å². The second-order valence-electron chi connectivity index (χ2n) is 13.4. The zero-order valence-corrected chi connectivity index (χ0v) is 32.8. The van der Waals surface area contributed by atoms with Crippen LogP contribution in [0.1, 0.15) is 72.8 Å². The van der Waals surface area contributed by atoms with Crippen LogP contribution in [0, 0.1) is 11.8 Å². The van der Waals surface area contributed by atoms with Crippen molar-refractivity contribution in [1.29, 1.82) is 0 Å². The van der Waals surface area contributed by atoms with Gasteiger partial charge in [-0.05, 0) is 43.9 Å². The molecule has 5 atom stereocenters. The number of hydrogen-bond donors (Lipinski definition) is 8. The van der Waals surface area contributed by atoms with Crippen molar-refractivity contribution in [3.63, 3.8) is 0 Å². The maximum Gasteiger partial charge on any atom is 0.305 e. The lowest BCUT2D eigenvalue weighted by atomic mass is 9.95. The number of likely N-dealkylation sites (N-methyl/N-ethyl adjacent to an activating group) is 1. The van der Waals surface area contributed by atoms with Gasteiger partial charge < -0.3 is 41.9 Å². The highest BCUT2D eigenvalue weighted by Gasteiger charge is 2.32. The Morgan fingerprint density at radius 3 is 1.49 bits per heavy atom. The number of allylic oxidation sites excluding steroid dienone is 3. The summed E-state index contributed by atoms with van der Waals surface area (Å²) in [6.45, 7) is 19.1. The van der Waals surface area contributed by atoms with Gasteiger partial charge in [0.1, 0.15) is 12.1 Å². The first-order valence-electron chi connectivity index (χ1n) is 17.7. The van der Waals surface area contributed by atoms with Gasteiger partial charge in [0.25, 0.3) is 0 Å². The zero-order valence-electron chi connectivity index (χ0n) is 32.8. The van der Waals surface area contributed by atoms with Crippen LogP contribution in [0.4, 0.5) is 0 Å². The number of Topliss-reactive ketones (excluding diaryl/α,β-unsaturated/α-hetero) is 1. The van der Waals surface area contributed by atoms with Crippen LogP contribution in [0.25, 0.3) is 0 Å². The van der Waals surface area contributed by atoms with Crippen molar-refractivity contribution < 1.29 is 53.7 Å². The first-order valence-corrected chi connectivity index (χ1v) is 17.7. The second kappa shape index (κ2) is 28.8. The first kappa shape index (κ1) is 51.5. The van der Waals surface area contributed by atoms with Crippen molar-refractivity contribution in [3.8, 4) is 0 Å². The number of benzene rings is 1. The van der Waals surface area contributed by atoms with E-state index in [9.17, 15) is 43.5 Å². The smallest absolute Gasteiger partial charge is 0.305 e. The summed E-state index contributed by atoms with van der Waals surface area (Å²) in [5, 5.41) is 39.1. The van der Waals surface area contributed by atoms with Crippen LogP contribution in [0.5, 0.6) is 0 Å². The van der Waals surface area contributed by atoms with E-state index in [0.717, 1.165) is 17.1 Å². The fourth-order valence-corrected chi connectivity index (χ4v) is 4.51. The minimum atomic E-state index is -1.68. The number of rotatable bonds is 23. The number of ketones is 1. The Bertz CT molecular complexity index is 1460. The van der Waals surface area contributed by atoms with Gasteiger partial charge in [0.05, 0.1) is 31.3 Å². The first-order chi connectivity index (χ1) is 25.7. The quantitative estimate of drug-likeness (QED) is 0.0589. The molecule has 5 unspecified atom stereocenters. The third kappa shape index (κ3) is 25.1. The minimum absolute atomic E-state index is 0.0175. The normalized spacial score (nSPS) is 13.4. The summed E-state index contributed by atoms with van der Waals surface area (Å²) in [7, 11) is 1.31. The fourth-order valence-electron chi connectivity index (χ4n) is 4.51. The van der Waals surface area contributed by atoms with Gasteiger partial charge in [-0.2, -0.15) is 0 Å². The molecule has 0 aliphatic heterocycles. The molecule has 0 fully saturated rings. The Labute approximate surface area is 323 Å². The maximum absolute atomic E-state index is 12.7. The van der Waals surface area contributed by atoms with Gasteiger partial charge >= 0.3 is 17.9 Å². The standard InChI is InChI=1S/C22H30N4O9.C13H19NO2.C4H10/c1-12(8-13-6-4-3-5-7-13)24-21(34)15(10-18(29)30)26-22(35)16(11-19(31)32)25-20(33)14(23-2)9-17(27)28;1-5-7-11(6-2)8-12(14-9-15)13(16)10(3)4;1-4(2)3/h3-7,12,14-16,23H,8-11H2,1-2H3,(H,24,34)(H,25,33)(H,26,35)(H,27,28)(H,29,30)(H,31,32);5-7,9-10,12H,1-2,8H2,3-4H3,(H,14,15);4H,1-3H3/b;11-7+;. The molecule has 16 heteroatoms. The van der Waals surface area contributed by atoms with Crippen LogP contribution >= 0.6 is 0 Å². The molecule has 0 radical (unpaired) electrons. The number of amides is 4. The molecule has 0 aliphatic carbocycles. The molecule has 8 N–H and O–H groups in total. The predicted octanol–water partition coefficient (Wildman–Crippen LogP) is 2.39. The Morgan fingerprint density at radius 2 is 1.11 bits per heavy atom. The molecule has 0 saturated heterocycles. The number of carbonyl (C=O) groups excluding carboxylic acids is 5. The average Bonchev–Trinajstić information content (AvgIpc) is 3.08. The number of carboxylic acid groups (broad SMARTS) is 3. The van der Waals surface area contributed by atoms with E-state index in [1.807, 2.05) is 44.2 Å². The van der Waals surface area contributed by atoms with Crippen molar-refractivity contribution in [2.75, 3.05) is 7.05 Å². The number of aliphatic carboxylic acids is 3. The van der Waals surface area contributed by atoms with E-state index < -0.39 is 85.1 Å².